The van der Waals surface area contributed by atoms with Gasteiger partial charge in [-0.25, -0.2) is 4.68 Å². The molecule has 0 atom stereocenters. The van der Waals surface area contributed by atoms with Gasteiger partial charge in [0.15, 0.2) is 0 Å². The summed E-state index contributed by atoms with van der Waals surface area (Å²) in [6.07, 6.45) is 1.20. The van der Waals surface area contributed by atoms with Crippen LogP contribution >= 0.6 is 0 Å². The Kier molecular flexibility index (Phi) is 6.29. The topological polar surface area (TPSA) is 39.1 Å². The molecule has 0 aliphatic heterocycles. The lowest BCUT2D eigenvalue weighted by molar-refractivity contribution is 0.0770. The zero-order valence-electron chi connectivity index (χ0n) is 11.8. The fourth-order valence-electron chi connectivity index (χ4n) is 1.73. The van der Waals surface area contributed by atoms with Crippen molar-refractivity contribution >= 4 is 0 Å². The van der Waals surface area contributed by atoms with Gasteiger partial charge in [-0.1, -0.05) is 0 Å². The van der Waals surface area contributed by atoms with Crippen LogP contribution in [0.2, 0.25) is 0 Å². The van der Waals surface area contributed by atoms with Gasteiger partial charge in [0.2, 0.25) is 5.95 Å². The van der Waals surface area contributed by atoms with E-state index in [9.17, 15) is 4.39 Å². The number of rotatable bonds is 8. The molecule has 5 heteroatoms. The molecule has 104 valence electrons. The first-order valence-electron chi connectivity index (χ1n) is 6.60. The number of nitrogens with zero attached hydrogens (tertiary/aromatic N) is 2. The number of halogens is 1. The number of ether oxygens (including phenoxy) is 1. The zero-order valence-corrected chi connectivity index (χ0v) is 11.8. The summed E-state index contributed by atoms with van der Waals surface area (Å²) in [5.74, 6) is -0.221. The Balaban J connectivity index is 2.29. The molecule has 0 aromatic carbocycles. The number of hydrogen-bond donors (Lipinski definition) is 1. The molecule has 0 saturated heterocycles. The summed E-state index contributed by atoms with van der Waals surface area (Å²) in [6, 6.07) is 0. The number of aryl methyl sites for hydroxylation is 2. The third-order valence-corrected chi connectivity index (χ3v) is 2.73. The highest BCUT2D eigenvalue weighted by molar-refractivity contribution is 5.17. The van der Waals surface area contributed by atoms with Crippen molar-refractivity contribution in [3.63, 3.8) is 0 Å². The minimum Gasteiger partial charge on any atom is -0.379 e. The predicted molar refractivity (Wildman–Crippen MR) is 70.0 cm³/mol. The van der Waals surface area contributed by atoms with Gasteiger partial charge in [-0.3, -0.25) is 0 Å². The summed E-state index contributed by atoms with van der Waals surface area (Å²) >= 11 is 0. The van der Waals surface area contributed by atoms with E-state index in [1.54, 1.807) is 0 Å². The minimum absolute atomic E-state index is 0.221. The van der Waals surface area contributed by atoms with E-state index in [2.05, 4.69) is 10.4 Å². The van der Waals surface area contributed by atoms with Gasteiger partial charge in [-0.2, -0.15) is 9.49 Å². The van der Waals surface area contributed by atoms with Gasteiger partial charge in [-0.15, -0.1) is 0 Å². The summed E-state index contributed by atoms with van der Waals surface area (Å²) in [7, 11) is 0. The molecule has 1 rings (SSSR count). The Morgan fingerprint density at radius 3 is 2.72 bits per heavy atom. The Morgan fingerprint density at radius 2 is 2.17 bits per heavy atom. The Bertz CT molecular complexity index is 363. The van der Waals surface area contributed by atoms with Crippen molar-refractivity contribution in [2.75, 3.05) is 13.2 Å². The van der Waals surface area contributed by atoms with Gasteiger partial charge < -0.3 is 10.1 Å². The van der Waals surface area contributed by atoms with Crippen molar-refractivity contribution < 1.29 is 9.13 Å². The van der Waals surface area contributed by atoms with E-state index in [4.69, 9.17) is 4.74 Å². The second-order valence-corrected chi connectivity index (χ2v) is 4.62. The van der Waals surface area contributed by atoms with Gasteiger partial charge >= 0.3 is 0 Å². The highest BCUT2D eigenvalue weighted by Gasteiger charge is 2.13. The van der Waals surface area contributed by atoms with E-state index in [-0.39, 0.29) is 12.1 Å². The van der Waals surface area contributed by atoms with Crippen LogP contribution in [0.15, 0.2) is 0 Å². The third kappa shape index (κ3) is 4.38. The summed E-state index contributed by atoms with van der Waals surface area (Å²) in [5.41, 5.74) is 1.43. The first-order chi connectivity index (χ1) is 8.56. The van der Waals surface area contributed by atoms with E-state index < -0.39 is 0 Å². The molecular weight excluding hydrogens is 233 g/mol. The molecular formula is C13H24FN3O. The number of hydrogen-bond acceptors (Lipinski definition) is 3. The van der Waals surface area contributed by atoms with Gasteiger partial charge in [0.1, 0.15) is 0 Å². The summed E-state index contributed by atoms with van der Waals surface area (Å²) in [6.45, 7) is 10.4. The van der Waals surface area contributed by atoms with E-state index in [1.807, 2.05) is 27.7 Å². The molecule has 0 spiro atoms. The van der Waals surface area contributed by atoms with Crippen LogP contribution in [0.4, 0.5) is 4.39 Å². The molecule has 0 aliphatic rings. The summed E-state index contributed by atoms with van der Waals surface area (Å²) in [4.78, 5) is 0. The minimum atomic E-state index is -0.221. The van der Waals surface area contributed by atoms with Crippen LogP contribution in [-0.2, 0) is 17.8 Å². The molecule has 0 unspecified atom stereocenters. The van der Waals surface area contributed by atoms with Gasteiger partial charge in [0.05, 0.1) is 11.8 Å². The number of aromatic nitrogens is 2. The highest BCUT2D eigenvalue weighted by atomic mass is 19.1. The molecule has 0 saturated carbocycles. The molecule has 18 heavy (non-hydrogen) atoms. The van der Waals surface area contributed by atoms with Crippen molar-refractivity contribution in [3.8, 4) is 0 Å². The van der Waals surface area contributed by atoms with Crippen molar-refractivity contribution in [3.05, 3.63) is 17.2 Å². The lowest BCUT2D eigenvalue weighted by atomic mass is 10.2. The van der Waals surface area contributed by atoms with Gasteiger partial charge in [0, 0.05) is 25.3 Å². The second kappa shape index (κ2) is 7.48. The zero-order chi connectivity index (χ0) is 13.5. The maximum Gasteiger partial charge on any atom is 0.216 e. The van der Waals surface area contributed by atoms with Crippen molar-refractivity contribution in [2.45, 2.75) is 53.3 Å². The number of nitrogens with one attached hydrogen (secondary N) is 1. The lowest BCUT2D eigenvalue weighted by Crippen LogP contribution is -2.18. The Morgan fingerprint density at radius 1 is 1.44 bits per heavy atom. The van der Waals surface area contributed by atoms with Crippen molar-refractivity contribution in [1.82, 2.24) is 15.1 Å². The first kappa shape index (κ1) is 15.1. The average molecular weight is 257 g/mol. The molecule has 0 aliphatic carbocycles. The van der Waals surface area contributed by atoms with Gasteiger partial charge in [0.25, 0.3) is 0 Å². The van der Waals surface area contributed by atoms with Gasteiger partial charge in [-0.05, 0) is 40.7 Å². The van der Waals surface area contributed by atoms with E-state index in [1.165, 1.54) is 4.68 Å². The maximum atomic E-state index is 13.8. The second-order valence-electron chi connectivity index (χ2n) is 4.62. The quantitative estimate of drug-likeness (QED) is 0.726. The Hall–Kier alpha value is -0.940. The van der Waals surface area contributed by atoms with Crippen molar-refractivity contribution in [2.24, 2.45) is 0 Å². The molecule has 0 bridgehead atoms. The fraction of sp³-hybridized carbons (Fsp3) is 0.769. The monoisotopic (exact) mass is 257 g/mol. The molecule has 1 heterocycles. The lowest BCUT2D eigenvalue weighted by Gasteiger charge is -2.08. The van der Waals surface area contributed by atoms with Crippen LogP contribution in [0, 0.1) is 12.9 Å². The summed E-state index contributed by atoms with van der Waals surface area (Å²) in [5, 5.41) is 7.37. The third-order valence-electron chi connectivity index (χ3n) is 2.73. The normalized spacial score (nSPS) is 11.4. The molecule has 1 aromatic heterocycles. The predicted octanol–water partition coefficient (Wildman–Crippen LogP) is 2.26. The van der Waals surface area contributed by atoms with Crippen LogP contribution in [0.25, 0.3) is 0 Å². The van der Waals surface area contributed by atoms with Crippen LogP contribution < -0.4 is 5.32 Å². The van der Waals surface area contributed by atoms with Crippen LogP contribution in [0.1, 0.15) is 38.4 Å². The largest absolute Gasteiger partial charge is 0.379 e. The SMILES string of the molecule is CCn1nc(C)c(CNCCCOC(C)C)c1F. The van der Waals surface area contributed by atoms with Crippen LogP contribution in [-0.4, -0.2) is 29.0 Å². The first-order valence-corrected chi connectivity index (χ1v) is 6.60. The van der Waals surface area contributed by atoms with Crippen molar-refractivity contribution in [1.29, 1.82) is 0 Å². The molecule has 1 N–H and O–H groups in total. The van der Waals surface area contributed by atoms with Crippen LogP contribution in [0.5, 0.6) is 0 Å². The standard InChI is InChI=1S/C13H24FN3O/c1-5-17-13(14)12(11(4)16-17)9-15-7-6-8-18-10(2)3/h10,15H,5-9H2,1-4H3. The van der Waals surface area contributed by atoms with E-state index >= 15 is 0 Å². The highest BCUT2D eigenvalue weighted by Crippen LogP contribution is 2.11. The maximum absolute atomic E-state index is 13.8. The smallest absolute Gasteiger partial charge is 0.216 e. The molecule has 4 nitrogen and oxygen atoms in total. The van der Waals surface area contributed by atoms with E-state index in [0.29, 0.717) is 18.7 Å². The Labute approximate surface area is 109 Å². The van der Waals surface area contributed by atoms with Crippen LogP contribution in [0.3, 0.4) is 0 Å². The average Bonchev–Trinajstić information content (AvgIpc) is 2.59. The summed E-state index contributed by atoms with van der Waals surface area (Å²) < 4.78 is 20.6. The fourth-order valence-corrected chi connectivity index (χ4v) is 1.73. The molecule has 0 amide bonds. The molecule has 0 fully saturated rings. The molecule has 1 aromatic rings. The molecule has 0 radical (unpaired) electrons. The van der Waals surface area contributed by atoms with E-state index in [0.717, 1.165) is 25.3 Å².